The Labute approximate surface area is 154 Å². The molecule has 0 radical (unpaired) electrons. The van der Waals surface area contributed by atoms with Crippen molar-refractivity contribution in [2.45, 2.75) is 0 Å². The van der Waals surface area contributed by atoms with E-state index in [0.717, 1.165) is 27.7 Å². The normalized spacial score (nSPS) is 10.8. The maximum absolute atomic E-state index is 6.09. The van der Waals surface area contributed by atoms with Gasteiger partial charge in [-0.05, 0) is 30.3 Å². The first-order chi connectivity index (χ1) is 12.2. The molecule has 6 heteroatoms. The minimum atomic E-state index is 0.567. The monoisotopic (exact) mass is 366 g/mol. The van der Waals surface area contributed by atoms with E-state index in [1.807, 2.05) is 48.7 Å². The number of benzene rings is 2. The van der Waals surface area contributed by atoms with Crippen LogP contribution in [0, 0.1) is 0 Å². The molecule has 0 saturated carbocycles. The number of nitrogens with one attached hydrogen (secondary N) is 1. The van der Waals surface area contributed by atoms with Crippen LogP contribution in [0.3, 0.4) is 0 Å². The Morgan fingerprint density at radius 3 is 2.56 bits per heavy atom. The highest BCUT2D eigenvalue weighted by Crippen LogP contribution is 2.29. The largest absolute Gasteiger partial charge is 0.340 e. The number of nitrogens with zero attached hydrogens (tertiary/aromatic N) is 3. The first kappa shape index (κ1) is 15.8. The van der Waals surface area contributed by atoms with E-state index in [4.69, 9.17) is 23.2 Å². The van der Waals surface area contributed by atoms with Crippen molar-refractivity contribution in [2.24, 2.45) is 0 Å². The van der Waals surface area contributed by atoms with Gasteiger partial charge in [0.1, 0.15) is 12.1 Å². The van der Waals surface area contributed by atoms with E-state index in [9.17, 15) is 0 Å². The lowest BCUT2D eigenvalue weighted by molar-refractivity contribution is 1.17. The van der Waals surface area contributed by atoms with Crippen LogP contribution in [0.15, 0.2) is 67.3 Å². The van der Waals surface area contributed by atoms with E-state index < -0.39 is 0 Å². The summed E-state index contributed by atoms with van der Waals surface area (Å²) in [5, 5.41) is 6.61. The fourth-order valence-electron chi connectivity index (χ4n) is 2.65. The second-order valence-corrected chi connectivity index (χ2v) is 6.35. The number of halogens is 2. The maximum atomic E-state index is 6.09. The van der Waals surface area contributed by atoms with Gasteiger partial charge in [-0.15, -0.1) is 0 Å². The second kappa shape index (κ2) is 6.67. The molecule has 2 heterocycles. The van der Waals surface area contributed by atoms with Gasteiger partial charge in [-0.25, -0.2) is 9.97 Å². The Kier molecular flexibility index (Phi) is 4.22. The zero-order valence-electron chi connectivity index (χ0n) is 12.9. The predicted molar refractivity (Wildman–Crippen MR) is 103 cm³/mol. The molecule has 25 heavy (non-hydrogen) atoms. The molecule has 0 bridgehead atoms. The lowest BCUT2D eigenvalue weighted by Gasteiger charge is -2.10. The van der Waals surface area contributed by atoms with Crippen LogP contribution in [-0.4, -0.2) is 15.0 Å². The van der Waals surface area contributed by atoms with Gasteiger partial charge in [0.2, 0.25) is 0 Å². The van der Waals surface area contributed by atoms with Crippen molar-refractivity contribution in [2.75, 3.05) is 5.32 Å². The number of fused-ring (bicyclic) bond motifs is 1. The summed E-state index contributed by atoms with van der Waals surface area (Å²) in [6.45, 7) is 0. The number of pyridine rings is 1. The highest BCUT2D eigenvalue weighted by Gasteiger charge is 2.07. The molecular weight excluding hydrogens is 355 g/mol. The SMILES string of the molecule is Clc1cc(Cl)cc(-c2cc(Nc3cccc4cnccc34)ncn2)c1. The van der Waals surface area contributed by atoms with Crippen LogP contribution in [0.25, 0.3) is 22.0 Å². The lowest BCUT2D eigenvalue weighted by atomic mass is 10.1. The van der Waals surface area contributed by atoms with Crippen LogP contribution < -0.4 is 5.32 Å². The van der Waals surface area contributed by atoms with Crippen molar-refractivity contribution in [3.63, 3.8) is 0 Å². The molecule has 0 saturated heterocycles. The molecule has 4 aromatic rings. The van der Waals surface area contributed by atoms with Crippen molar-refractivity contribution >= 4 is 45.5 Å². The Morgan fingerprint density at radius 2 is 1.72 bits per heavy atom. The molecule has 0 atom stereocenters. The Hall–Kier alpha value is -2.69. The van der Waals surface area contributed by atoms with Crippen LogP contribution >= 0.6 is 23.2 Å². The summed E-state index contributed by atoms with van der Waals surface area (Å²) in [4.78, 5) is 12.8. The number of anilines is 2. The van der Waals surface area contributed by atoms with Crippen molar-refractivity contribution in [1.82, 2.24) is 15.0 Å². The quantitative estimate of drug-likeness (QED) is 0.502. The van der Waals surface area contributed by atoms with Gasteiger partial charge in [0.05, 0.1) is 5.69 Å². The molecule has 2 aromatic carbocycles. The molecule has 2 aromatic heterocycles. The summed E-state index contributed by atoms with van der Waals surface area (Å²) < 4.78 is 0. The van der Waals surface area contributed by atoms with E-state index >= 15 is 0 Å². The summed E-state index contributed by atoms with van der Waals surface area (Å²) in [6.07, 6.45) is 5.12. The van der Waals surface area contributed by atoms with E-state index in [1.54, 1.807) is 12.3 Å². The molecule has 0 aliphatic heterocycles. The first-order valence-corrected chi connectivity index (χ1v) is 8.33. The molecule has 0 amide bonds. The van der Waals surface area contributed by atoms with Gasteiger partial charge < -0.3 is 5.32 Å². The fraction of sp³-hybridized carbons (Fsp3) is 0. The van der Waals surface area contributed by atoms with Crippen molar-refractivity contribution < 1.29 is 0 Å². The van der Waals surface area contributed by atoms with Gasteiger partial charge in [0, 0.05) is 50.5 Å². The third-order valence-corrected chi connectivity index (χ3v) is 4.21. The third-order valence-electron chi connectivity index (χ3n) is 3.77. The molecule has 122 valence electrons. The lowest BCUT2D eigenvalue weighted by Crippen LogP contribution is -1.96. The average molecular weight is 367 g/mol. The summed E-state index contributed by atoms with van der Waals surface area (Å²) >= 11 is 12.2. The summed E-state index contributed by atoms with van der Waals surface area (Å²) in [6, 6.07) is 15.2. The van der Waals surface area contributed by atoms with E-state index in [1.165, 1.54) is 6.33 Å². The topological polar surface area (TPSA) is 50.7 Å². The van der Waals surface area contributed by atoms with Crippen molar-refractivity contribution in [3.05, 3.63) is 77.3 Å². The number of aromatic nitrogens is 3. The molecule has 0 fully saturated rings. The predicted octanol–water partition coefficient (Wildman–Crippen LogP) is 5.74. The van der Waals surface area contributed by atoms with Gasteiger partial charge in [-0.2, -0.15) is 0 Å². The standard InChI is InChI=1S/C19H12Cl2N4/c20-14-6-13(7-15(21)8-14)18-9-19(24-11-23-18)25-17-3-1-2-12-10-22-5-4-16(12)17/h1-11H,(H,23,24,25). The highest BCUT2D eigenvalue weighted by atomic mass is 35.5. The third kappa shape index (κ3) is 3.40. The van der Waals surface area contributed by atoms with Crippen LogP contribution in [0.2, 0.25) is 10.0 Å². The Bertz CT molecular complexity index is 1040. The highest BCUT2D eigenvalue weighted by molar-refractivity contribution is 6.35. The first-order valence-electron chi connectivity index (χ1n) is 7.57. The maximum Gasteiger partial charge on any atom is 0.134 e. The Balaban J connectivity index is 1.72. The second-order valence-electron chi connectivity index (χ2n) is 5.47. The van der Waals surface area contributed by atoms with Crippen LogP contribution in [0.5, 0.6) is 0 Å². The fourth-order valence-corrected chi connectivity index (χ4v) is 3.18. The number of rotatable bonds is 3. The van der Waals surface area contributed by atoms with Gasteiger partial charge in [-0.1, -0.05) is 35.3 Å². The molecule has 1 N–H and O–H groups in total. The average Bonchev–Trinajstić information content (AvgIpc) is 2.61. The summed E-state index contributed by atoms with van der Waals surface area (Å²) in [7, 11) is 0. The number of hydrogen-bond acceptors (Lipinski definition) is 4. The van der Waals surface area contributed by atoms with E-state index in [0.29, 0.717) is 15.9 Å². The minimum absolute atomic E-state index is 0.567. The zero-order chi connectivity index (χ0) is 17.2. The smallest absolute Gasteiger partial charge is 0.134 e. The van der Waals surface area contributed by atoms with E-state index in [2.05, 4.69) is 20.3 Å². The van der Waals surface area contributed by atoms with Crippen molar-refractivity contribution in [3.8, 4) is 11.3 Å². The molecule has 4 nitrogen and oxygen atoms in total. The molecular formula is C19H12Cl2N4. The number of hydrogen-bond donors (Lipinski definition) is 1. The van der Waals surface area contributed by atoms with Crippen LogP contribution in [0.4, 0.5) is 11.5 Å². The van der Waals surface area contributed by atoms with Crippen molar-refractivity contribution in [1.29, 1.82) is 0 Å². The van der Waals surface area contributed by atoms with Gasteiger partial charge in [0.25, 0.3) is 0 Å². The molecule has 0 spiro atoms. The minimum Gasteiger partial charge on any atom is -0.340 e. The summed E-state index contributed by atoms with van der Waals surface area (Å²) in [5.41, 5.74) is 2.53. The van der Waals surface area contributed by atoms with Gasteiger partial charge >= 0.3 is 0 Å². The van der Waals surface area contributed by atoms with Gasteiger partial charge in [0.15, 0.2) is 0 Å². The molecule has 0 aliphatic rings. The molecule has 0 aliphatic carbocycles. The van der Waals surface area contributed by atoms with E-state index in [-0.39, 0.29) is 0 Å². The Morgan fingerprint density at radius 1 is 0.880 bits per heavy atom. The van der Waals surface area contributed by atoms with Gasteiger partial charge in [-0.3, -0.25) is 4.98 Å². The summed E-state index contributed by atoms with van der Waals surface area (Å²) in [5.74, 6) is 0.686. The molecule has 0 unspecified atom stereocenters. The molecule has 4 rings (SSSR count). The van der Waals surface area contributed by atoms with Crippen LogP contribution in [-0.2, 0) is 0 Å². The van der Waals surface area contributed by atoms with Crippen LogP contribution in [0.1, 0.15) is 0 Å². The zero-order valence-corrected chi connectivity index (χ0v) is 14.5.